The second-order valence-electron chi connectivity index (χ2n) is 4.47. The van der Waals surface area contributed by atoms with E-state index in [1.807, 2.05) is 51.2 Å². The predicted octanol–water partition coefficient (Wildman–Crippen LogP) is -1.33. The third-order valence-electron chi connectivity index (χ3n) is 2.88. The fourth-order valence-electron chi connectivity index (χ4n) is 1.86. The zero-order valence-corrected chi connectivity index (χ0v) is 12.5. The van der Waals surface area contributed by atoms with Gasteiger partial charge < -0.3 is 17.5 Å². The van der Waals surface area contributed by atoms with E-state index in [0.29, 0.717) is 11.4 Å². The van der Waals surface area contributed by atoms with Gasteiger partial charge in [-0.3, -0.25) is 0 Å². The zero-order valence-electron chi connectivity index (χ0n) is 11.8. The van der Waals surface area contributed by atoms with Crippen LogP contribution in [0.4, 0.5) is 5.69 Å². The van der Waals surface area contributed by atoms with Crippen LogP contribution in [0, 0.1) is 6.92 Å². The molecule has 1 aromatic heterocycles. The quantitative estimate of drug-likeness (QED) is 0.544. The molecule has 0 spiro atoms. The van der Waals surface area contributed by atoms with Crippen molar-refractivity contribution >= 4 is 11.4 Å². The van der Waals surface area contributed by atoms with Gasteiger partial charge in [0.1, 0.15) is 17.2 Å². The minimum atomic E-state index is 0. The van der Waals surface area contributed by atoms with E-state index in [-0.39, 0.29) is 18.2 Å². The number of rotatable bonds is 3. The highest BCUT2D eigenvalue weighted by Crippen LogP contribution is 2.15. The zero-order chi connectivity index (χ0) is 13.8. The average Bonchev–Trinajstić information content (AvgIpc) is 2.42. The molecule has 2 N–H and O–H groups in total. The van der Waals surface area contributed by atoms with Gasteiger partial charge in [-0.25, -0.2) is 4.98 Å². The molecule has 0 saturated carbocycles. The summed E-state index contributed by atoms with van der Waals surface area (Å²) in [6.07, 6.45) is 0. The molecule has 20 heavy (non-hydrogen) atoms. The van der Waals surface area contributed by atoms with E-state index in [1.54, 1.807) is 12.1 Å². The fraction of sp³-hybridized carbons (Fsp3) is 0.200. The summed E-state index contributed by atoms with van der Waals surface area (Å²) < 4.78 is 0. The minimum Gasteiger partial charge on any atom is -1.00 e. The molecular formula is C15H18ClN3O. The normalized spacial score (nSPS) is 12.7. The number of nitrogens with zero attached hydrogens (tertiary/aromatic N) is 2. The van der Waals surface area contributed by atoms with Crippen LogP contribution in [0.5, 0.6) is 5.75 Å². The number of aromatic nitrogens is 1. The molecule has 1 atom stereocenters. The van der Waals surface area contributed by atoms with Crippen molar-refractivity contribution in [2.24, 2.45) is 5.10 Å². The number of halogens is 1. The number of aryl methyl sites for hydroxylation is 1. The van der Waals surface area contributed by atoms with E-state index in [4.69, 9.17) is 0 Å². The van der Waals surface area contributed by atoms with Crippen LogP contribution in [0.2, 0.25) is 0 Å². The monoisotopic (exact) mass is 291 g/mol. The summed E-state index contributed by atoms with van der Waals surface area (Å²) in [4.78, 5) is 4.33. The number of benzene rings is 1. The lowest BCUT2D eigenvalue weighted by Gasteiger charge is -2.08. The van der Waals surface area contributed by atoms with Gasteiger partial charge in [-0.1, -0.05) is 23.3 Å². The Morgan fingerprint density at radius 2 is 1.80 bits per heavy atom. The summed E-state index contributed by atoms with van der Waals surface area (Å²) in [6, 6.07) is 13.4. The van der Waals surface area contributed by atoms with Gasteiger partial charge in [0.2, 0.25) is 0 Å². The Balaban J connectivity index is 0.00000200. The van der Waals surface area contributed by atoms with Crippen molar-refractivity contribution in [3.63, 3.8) is 0 Å². The van der Waals surface area contributed by atoms with E-state index in [2.05, 4.69) is 10.1 Å². The molecule has 0 fully saturated rings. The van der Waals surface area contributed by atoms with Crippen LogP contribution in [0.25, 0.3) is 0 Å². The first-order chi connectivity index (χ1) is 9.08. The highest BCUT2D eigenvalue weighted by Gasteiger charge is 2.11. The van der Waals surface area contributed by atoms with Gasteiger partial charge >= 0.3 is 0 Å². The second-order valence-corrected chi connectivity index (χ2v) is 4.47. The van der Waals surface area contributed by atoms with E-state index < -0.39 is 0 Å². The predicted molar refractivity (Wildman–Crippen MR) is 75.8 cm³/mol. The van der Waals surface area contributed by atoms with Crippen LogP contribution >= 0.6 is 0 Å². The van der Waals surface area contributed by atoms with Gasteiger partial charge in [0.25, 0.3) is 0 Å². The topological polar surface area (TPSA) is 49.9 Å². The van der Waals surface area contributed by atoms with Crippen LogP contribution in [0.15, 0.2) is 47.6 Å². The number of hydrogen-bond acceptors (Lipinski definition) is 3. The third-order valence-corrected chi connectivity index (χ3v) is 2.88. The Labute approximate surface area is 125 Å². The maximum atomic E-state index is 9.84. The lowest BCUT2D eigenvalue weighted by Crippen LogP contribution is -3.00. The Hall–Kier alpha value is -1.91. The molecule has 0 radical (unpaired) electrons. The number of aromatic hydroxyl groups is 1. The van der Waals surface area contributed by atoms with Crippen LogP contribution in [0.3, 0.4) is 0 Å². The minimum absolute atomic E-state index is 0. The summed E-state index contributed by atoms with van der Waals surface area (Å²) in [5.74, 6) is 0.160. The first-order valence-corrected chi connectivity index (χ1v) is 6.19. The van der Waals surface area contributed by atoms with E-state index in [9.17, 15) is 5.11 Å². The van der Waals surface area contributed by atoms with E-state index in [0.717, 1.165) is 16.4 Å². The van der Waals surface area contributed by atoms with E-state index >= 15 is 0 Å². The number of nitrogens with one attached hydrogen (secondary N) is 1. The van der Waals surface area contributed by atoms with Gasteiger partial charge in [0, 0.05) is 17.8 Å². The highest BCUT2D eigenvalue weighted by atomic mass is 35.5. The third kappa shape index (κ3) is 3.79. The molecule has 1 unspecified atom stereocenters. The van der Waals surface area contributed by atoms with Gasteiger partial charge in [0.15, 0.2) is 5.69 Å². The van der Waals surface area contributed by atoms with Crippen molar-refractivity contribution in [3.8, 4) is 5.75 Å². The van der Waals surface area contributed by atoms with Crippen LogP contribution < -0.4 is 17.4 Å². The smallest absolute Gasteiger partial charge is 0.157 e. The summed E-state index contributed by atoms with van der Waals surface area (Å²) in [5.41, 5.74) is 3.17. The molecule has 0 aliphatic heterocycles. The second kappa shape index (κ2) is 7.03. The van der Waals surface area contributed by atoms with Crippen LogP contribution in [-0.2, 0) is 0 Å². The molecule has 2 rings (SSSR count). The Kier molecular flexibility index (Phi) is 5.67. The maximum absolute atomic E-state index is 9.84. The van der Waals surface area contributed by atoms with Crippen molar-refractivity contribution in [3.05, 3.63) is 53.9 Å². The molecule has 1 aromatic carbocycles. The lowest BCUT2D eigenvalue weighted by atomic mass is 10.2. The molecule has 106 valence electrons. The molecule has 5 heteroatoms. The van der Waals surface area contributed by atoms with Gasteiger partial charge in [-0.15, -0.1) is 0 Å². The van der Waals surface area contributed by atoms with Crippen molar-refractivity contribution in [1.82, 2.24) is 4.98 Å². The van der Waals surface area contributed by atoms with Crippen LogP contribution in [0.1, 0.15) is 18.3 Å². The SMILES string of the molecule is CC(=N[NH+](C)c1ccccc1)c1nc(C)ccc1O.[Cl-]. The molecule has 4 nitrogen and oxygen atoms in total. The number of pyridine rings is 1. The number of hydrogen-bond donors (Lipinski definition) is 2. The lowest BCUT2D eigenvalue weighted by molar-refractivity contribution is -0.817. The summed E-state index contributed by atoms with van der Waals surface area (Å²) in [6.45, 7) is 3.75. The molecule has 0 saturated heterocycles. The van der Waals surface area contributed by atoms with Gasteiger partial charge in [-0.05, 0) is 26.0 Å². The van der Waals surface area contributed by atoms with Crippen molar-refractivity contribution in [2.75, 3.05) is 7.05 Å². The fourth-order valence-corrected chi connectivity index (χ4v) is 1.86. The molecule has 2 aromatic rings. The highest BCUT2D eigenvalue weighted by molar-refractivity contribution is 5.98. The molecule has 1 heterocycles. The maximum Gasteiger partial charge on any atom is 0.157 e. The van der Waals surface area contributed by atoms with Crippen molar-refractivity contribution in [2.45, 2.75) is 13.8 Å². The first-order valence-electron chi connectivity index (χ1n) is 6.19. The number of quaternary nitrogens is 1. The van der Waals surface area contributed by atoms with E-state index in [1.165, 1.54) is 0 Å². The largest absolute Gasteiger partial charge is 1.00 e. The Morgan fingerprint density at radius 3 is 2.45 bits per heavy atom. The average molecular weight is 292 g/mol. The summed E-state index contributed by atoms with van der Waals surface area (Å²) in [5, 5.41) is 15.3. The van der Waals surface area contributed by atoms with Crippen molar-refractivity contribution in [1.29, 1.82) is 0 Å². The van der Waals surface area contributed by atoms with Crippen molar-refractivity contribution < 1.29 is 22.5 Å². The Bertz CT molecular complexity index is 599. The van der Waals surface area contributed by atoms with Gasteiger partial charge in [0.05, 0.1) is 7.05 Å². The number of para-hydroxylation sites is 1. The van der Waals surface area contributed by atoms with Gasteiger partial charge in [-0.2, -0.15) is 5.01 Å². The standard InChI is InChI=1S/C15H17N3O.ClH/c1-11-9-10-14(19)15(16-11)12(2)17-18(3)13-7-5-4-6-8-13;/h4-10,19H,1-3H3;1H. The van der Waals surface area contributed by atoms with Crippen LogP contribution in [-0.4, -0.2) is 22.8 Å². The Morgan fingerprint density at radius 1 is 1.15 bits per heavy atom. The molecule has 0 aliphatic carbocycles. The molecular weight excluding hydrogens is 274 g/mol. The first kappa shape index (κ1) is 16.1. The molecule has 0 bridgehead atoms. The summed E-state index contributed by atoms with van der Waals surface area (Å²) >= 11 is 0. The molecule has 0 amide bonds. The molecule has 0 aliphatic rings. The summed E-state index contributed by atoms with van der Waals surface area (Å²) in [7, 11) is 1.95.